The highest BCUT2D eigenvalue weighted by atomic mass is 79.9. The summed E-state index contributed by atoms with van der Waals surface area (Å²) in [5, 5.41) is 11.7. The van der Waals surface area contributed by atoms with Crippen molar-refractivity contribution in [3.05, 3.63) is 10.6 Å². The lowest BCUT2D eigenvalue weighted by atomic mass is 10.3. The topological polar surface area (TPSA) is 76.2 Å². The average molecular weight is 221 g/mol. The van der Waals surface area contributed by atoms with Gasteiger partial charge < -0.3 is 9.63 Å². The summed E-state index contributed by atoms with van der Waals surface area (Å²) < 4.78 is 4.99. The molecule has 6 heteroatoms. The molecule has 0 aliphatic carbocycles. The Morgan fingerprint density at radius 1 is 1.73 bits per heavy atom. The van der Waals surface area contributed by atoms with Gasteiger partial charge in [-0.25, -0.2) is 0 Å². The van der Waals surface area contributed by atoms with E-state index in [0.717, 1.165) is 0 Å². The molecule has 0 atom stereocenters. The van der Waals surface area contributed by atoms with Gasteiger partial charge in [0.25, 0.3) is 0 Å². The van der Waals surface area contributed by atoms with Crippen molar-refractivity contribution in [3.63, 3.8) is 0 Å². The highest BCUT2D eigenvalue weighted by Crippen LogP contribution is 2.05. The zero-order chi connectivity index (χ0) is 8.27. The maximum Gasteiger partial charge on any atom is 0.303 e. The number of aliphatic carboxylic acids is 1. The average Bonchev–Trinajstić information content (AvgIpc) is 2.31. The molecule has 1 rings (SSSR count). The number of rotatable bonds is 3. The maximum atomic E-state index is 10.1. The highest BCUT2D eigenvalue weighted by Gasteiger charge is 2.05. The Kier molecular flexibility index (Phi) is 2.58. The quantitative estimate of drug-likeness (QED) is 0.818. The van der Waals surface area contributed by atoms with Gasteiger partial charge in [-0.05, 0) is 21.1 Å². The first kappa shape index (κ1) is 8.19. The summed E-state index contributed by atoms with van der Waals surface area (Å²) in [4.78, 5) is 13.8. The predicted molar refractivity (Wildman–Crippen MR) is 38.0 cm³/mol. The normalized spacial score (nSPS) is 9.91. The summed E-state index contributed by atoms with van der Waals surface area (Å²) in [7, 11) is 0. The second-order valence-electron chi connectivity index (χ2n) is 1.85. The van der Waals surface area contributed by atoms with Gasteiger partial charge >= 0.3 is 5.97 Å². The Bertz CT molecular complexity index is 260. The number of hydrogen-bond acceptors (Lipinski definition) is 4. The van der Waals surface area contributed by atoms with Crippen LogP contribution in [0.25, 0.3) is 0 Å². The van der Waals surface area contributed by atoms with Crippen LogP contribution in [-0.2, 0) is 11.2 Å². The number of halogens is 1. The largest absolute Gasteiger partial charge is 0.481 e. The minimum Gasteiger partial charge on any atom is -0.481 e. The first-order valence-electron chi connectivity index (χ1n) is 2.88. The first-order chi connectivity index (χ1) is 5.18. The number of aryl methyl sites for hydroxylation is 1. The van der Waals surface area contributed by atoms with Gasteiger partial charge in [0.2, 0.25) is 10.6 Å². The maximum absolute atomic E-state index is 10.1. The lowest BCUT2D eigenvalue weighted by Gasteiger charge is -1.86. The molecule has 1 aromatic rings. The monoisotopic (exact) mass is 220 g/mol. The molecule has 0 unspecified atom stereocenters. The van der Waals surface area contributed by atoms with Gasteiger partial charge in [0, 0.05) is 6.42 Å². The molecule has 0 aromatic carbocycles. The smallest absolute Gasteiger partial charge is 0.303 e. The Hall–Kier alpha value is -0.910. The molecular weight excluding hydrogens is 216 g/mol. The summed E-state index contributed by atoms with van der Waals surface area (Å²) in [5.41, 5.74) is 0. The SMILES string of the molecule is O=C(O)CCc1nc(Br)no1. The molecule has 0 saturated heterocycles. The van der Waals surface area contributed by atoms with Crippen molar-refractivity contribution in [2.75, 3.05) is 0 Å². The van der Waals surface area contributed by atoms with Gasteiger partial charge in [0.1, 0.15) is 0 Å². The summed E-state index contributed by atoms with van der Waals surface area (Å²) in [5.74, 6) is -0.543. The summed E-state index contributed by atoms with van der Waals surface area (Å²) in [6, 6.07) is 0. The molecular formula is C5H5BrN2O3. The Labute approximate surface area is 70.5 Å². The lowest BCUT2D eigenvalue weighted by molar-refractivity contribution is -0.137. The van der Waals surface area contributed by atoms with Crippen LogP contribution in [0, 0.1) is 0 Å². The molecule has 0 spiro atoms. The van der Waals surface area contributed by atoms with E-state index in [0.29, 0.717) is 10.6 Å². The Balaban J connectivity index is 2.45. The van der Waals surface area contributed by atoms with E-state index in [-0.39, 0.29) is 12.8 Å². The molecule has 60 valence electrons. The van der Waals surface area contributed by atoms with Crippen LogP contribution in [0.4, 0.5) is 0 Å². The van der Waals surface area contributed by atoms with Crippen LogP contribution < -0.4 is 0 Å². The minimum atomic E-state index is -0.876. The van der Waals surface area contributed by atoms with Crippen LogP contribution in [0.1, 0.15) is 12.3 Å². The van der Waals surface area contributed by atoms with Crippen molar-refractivity contribution in [3.8, 4) is 0 Å². The molecule has 0 bridgehead atoms. The second kappa shape index (κ2) is 3.47. The Morgan fingerprint density at radius 2 is 2.45 bits per heavy atom. The molecule has 0 aliphatic heterocycles. The van der Waals surface area contributed by atoms with E-state index < -0.39 is 5.97 Å². The predicted octanol–water partition coefficient (Wildman–Crippen LogP) is 0.849. The standard InChI is InChI=1S/C5H5BrN2O3/c6-5-7-3(11-8-5)1-2-4(9)10/h1-2H2,(H,9,10). The first-order valence-corrected chi connectivity index (χ1v) is 3.67. The van der Waals surface area contributed by atoms with Crippen LogP contribution >= 0.6 is 15.9 Å². The number of carboxylic acid groups (broad SMARTS) is 1. The molecule has 0 radical (unpaired) electrons. The molecule has 11 heavy (non-hydrogen) atoms. The van der Waals surface area contributed by atoms with Crippen molar-refractivity contribution < 1.29 is 14.4 Å². The van der Waals surface area contributed by atoms with Gasteiger partial charge in [-0.2, -0.15) is 4.98 Å². The molecule has 0 aliphatic rings. The number of aromatic nitrogens is 2. The van der Waals surface area contributed by atoms with Crippen LogP contribution in [0.3, 0.4) is 0 Å². The Morgan fingerprint density at radius 3 is 2.91 bits per heavy atom. The highest BCUT2D eigenvalue weighted by molar-refractivity contribution is 9.10. The zero-order valence-corrected chi connectivity index (χ0v) is 7.04. The zero-order valence-electron chi connectivity index (χ0n) is 5.45. The molecule has 0 amide bonds. The third-order valence-electron chi connectivity index (χ3n) is 0.996. The van der Waals surface area contributed by atoms with Crippen LogP contribution in [-0.4, -0.2) is 21.2 Å². The molecule has 0 saturated carbocycles. The fourth-order valence-corrected chi connectivity index (χ4v) is 0.820. The van der Waals surface area contributed by atoms with Crippen LogP contribution in [0.2, 0.25) is 0 Å². The molecule has 1 N–H and O–H groups in total. The third kappa shape index (κ3) is 2.67. The van der Waals surface area contributed by atoms with Gasteiger partial charge in [0.05, 0.1) is 6.42 Å². The fraction of sp³-hybridized carbons (Fsp3) is 0.400. The van der Waals surface area contributed by atoms with E-state index in [4.69, 9.17) is 5.11 Å². The van der Waals surface area contributed by atoms with Crippen molar-refractivity contribution in [2.24, 2.45) is 0 Å². The van der Waals surface area contributed by atoms with E-state index in [9.17, 15) is 4.79 Å². The summed E-state index contributed by atoms with van der Waals surface area (Å²) in [6.45, 7) is 0. The van der Waals surface area contributed by atoms with Gasteiger partial charge in [-0.15, -0.1) is 0 Å². The number of carbonyl (C=O) groups is 1. The van der Waals surface area contributed by atoms with Crippen molar-refractivity contribution >= 4 is 21.9 Å². The van der Waals surface area contributed by atoms with E-state index in [1.807, 2.05) is 0 Å². The summed E-state index contributed by atoms with van der Waals surface area (Å²) >= 11 is 2.98. The van der Waals surface area contributed by atoms with Gasteiger partial charge in [-0.3, -0.25) is 4.79 Å². The molecule has 1 aromatic heterocycles. The van der Waals surface area contributed by atoms with Gasteiger partial charge in [0.15, 0.2) is 0 Å². The number of hydrogen-bond donors (Lipinski definition) is 1. The number of nitrogens with zero attached hydrogens (tertiary/aromatic N) is 2. The van der Waals surface area contributed by atoms with Crippen LogP contribution in [0.5, 0.6) is 0 Å². The van der Waals surface area contributed by atoms with E-state index >= 15 is 0 Å². The minimum absolute atomic E-state index is 0.00856. The number of carboxylic acids is 1. The van der Waals surface area contributed by atoms with Crippen LogP contribution in [0.15, 0.2) is 9.26 Å². The van der Waals surface area contributed by atoms with Crippen molar-refractivity contribution in [2.45, 2.75) is 12.8 Å². The van der Waals surface area contributed by atoms with E-state index in [1.165, 1.54) is 0 Å². The molecule has 5 nitrogen and oxygen atoms in total. The molecule has 1 heterocycles. The van der Waals surface area contributed by atoms with E-state index in [1.54, 1.807) is 0 Å². The van der Waals surface area contributed by atoms with Crippen molar-refractivity contribution in [1.29, 1.82) is 0 Å². The summed E-state index contributed by atoms with van der Waals surface area (Å²) in [6.07, 6.45) is 0.280. The fourth-order valence-electron chi connectivity index (χ4n) is 0.549. The third-order valence-corrected chi connectivity index (χ3v) is 1.32. The van der Waals surface area contributed by atoms with E-state index in [2.05, 4.69) is 30.6 Å². The van der Waals surface area contributed by atoms with Gasteiger partial charge in [-0.1, -0.05) is 0 Å². The second-order valence-corrected chi connectivity index (χ2v) is 2.56. The molecule has 0 fully saturated rings. The lowest BCUT2D eigenvalue weighted by Crippen LogP contribution is -1.97. The van der Waals surface area contributed by atoms with Crippen molar-refractivity contribution in [1.82, 2.24) is 10.1 Å².